The number of primary sulfonamides is 1. The van der Waals surface area contributed by atoms with Gasteiger partial charge in [-0.05, 0) is 25.5 Å². The average Bonchev–Trinajstić information content (AvgIpc) is 2.31. The number of sulfonamides is 1. The number of carbonyl (C=O) groups is 1. The standard InChI is InChI=1S/C12H17FN2O3S/c1-3-4-5-15-12(16)9-6-10(13)8(2)11(7-9)19(14,17)18/h6-7H,3-5H2,1-2H3,(H,15,16)(H2,14,17,18). The molecule has 0 aromatic heterocycles. The third-order valence-corrected chi connectivity index (χ3v) is 3.72. The molecule has 0 atom stereocenters. The van der Waals surface area contributed by atoms with E-state index in [4.69, 9.17) is 5.14 Å². The van der Waals surface area contributed by atoms with Gasteiger partial charge < -0.3 is 5.32 Å². The Balaban J connectivity index is 3.11. The number of unbranched alkanes of at least 4 members (excludes halogenated alkanes) is 1. The minimum absolute atomic E-state index is 0.0526. The van der Waals surface area contributed by atoms with E-state index in [0.29, 0.717) is 6.54 Å². The molecule has 0 saturated carbocycles. The van der Waals surface area contributed by atoms with E-state index in [1.165, 1.54) is 6.92 Å². The van der Waals surface area contributed by atoms with E-state index in [-0.39, 0.29) is 16.0 Å². The third-order valence-electron chi connectivity index (χ3n) is 2.68. The summed E-state index contributed by atoms with van der Waals surface area (Å²) in [5.74, 6) is -1.29. The van der Waals surface area contributed by atoms with E-state index in [9.17, 15) is 17.6 Å². The van der Waals surface area contributed by atoms with Gasteiger partial charge in [0.05, 0.1) is 4.90 Å². The number of hydrogen-bond acceptors (Lipinski definition) is 3. The fraction of sp³-hybridized carbons (Fsp3) is 0.417. The largest absolute Gasteiger partial charge is 0.352 e. The van der Waals surface area contributed by atoms with Crippen LogP contribution >= 0.6 is 0 Å². The first-order valence-corrected chi connectivity index (χ1v) is 7.43. The maximum Gasteiger partial charge on any atom is 0.251 e. The predicted octanol–water partition coefficient (Wildman–Crippen LogP) is 1.31. The van der Waals surface area contributed by atoms with Crippen LogP contribution in [0.25, 0.3) is 0 Å². The van der Waals surface area contributed by atoms with Crippen molar-refractivity contribution in [2.75, 3.05) is 6.54 Å². The van der Waals surface area contributed by atoms with E-state index in [1.807, 2.05) is 6.92 Å². The van der Waals surface area contributed by atoms with Gasteiger partial charge in [0.2, 0.25) is 10.0 Å². The Bertz CT molecular complexity index is 585. The second-order valence-electron chi connectivity index (χ2n) is 4.24. The number of halogens is 1. The summed E-state index contributed by atoms with van der Waals surface area (Å²) in [7, 11) is -4.06. The summed E-state index contributed by atoms with van der Waals surface area (Å²) in [4.78, 5) is 11.4. The predicted molar refractivity (Wildman–Crippen MR) is 69.8 cm³/mol. The minimum Gasteiger partial charge on any atom is -0.352 e. The summed E-state index contributed by atoms with van der Waals surface area (Å²) in [5.41, 5.74) is -0.143. The topological polar surface area (TPSA) is 89.3 Å². The van der Waals surface area contributed by atoms with Crippen molar-refractivity contribution >= 4 is 15.9 Å². The van der Waals surface area contributed by atoms with Crippen molar-refractivity contribution < 1.29 is 17.6 Å². The Morgan fingerprint density at radius 1 is 1.42 bits per heavy atom. The summed E-state index contributed by atoms with van der Waals surface area (Å²) in [6.45, 7) is 3.72. The van der Waals surface area contributed by atoms with E-state index in [1.54, 1.807) is 0 Å². The molecule has 1 rings (SSSR count). The van der Waals surface area contributed by atoms with Crippen LogP contribution in [0.4, 0.5) is 4.39 Å². The van der Waals surface area contributed by atoms with Crippen LogP contribution in [0.3, 0.4) is 0 Å². The highest BCUT2D eigenvalue weighted by Crippen LogP contribution is 2.19. The second-order valence-corrected chi connectivity index (χ2v) is 5.77. The molecular weight excluding hydrogens is 271 g/mol. The maximum atomic E-state index is 13.6. The first-order chi connectivity index (χ1) is 8.77. The lowest BCUT2D eigenvalue weighted by Gasteiger charge is -2.09. The zero-order valence-corrected chi connectivity index (χ0v) is 11.7. The average molecular weight is 288 g/mol. The van der Waals surface area contributed by atoms with Gasteiger partial charge in [-0.25, -0.2) is 17.9 Å². The number of nitrogens with two attached hydrogens (primary N) is 1. The van der Waals surface area contributed by atoms with Gasteiger partial charge in [-0.15, -0.1) is 0 Å². The summed E-state index contributed by atoms with van der Waals surface area (Å²) in [6, 6.07) is 2.10. The minimum atomic E-state index is -4.06. The fourth-order valence-electron chi connectivity index (χ4n) is 1.56. The Morgan fingerprint density at radius 3 is 2.58 bits per heavy atom. The molecule has 0 heterocycles. The molecule has 19 heavy (non-hydrogen) atoms. The van der Waals surface area contributed by atoms with Crippen molar-refractivity contribution in [2.45, 2.75) is 31.6 Å². The lowest BCUT2D eigenvalue weighted by atomic mass is 10.1. The van der Waals surface area contributed by atoms with Gasteiger partial charge in [-0.3, -0.25) is 4.79 Å². The normalized spacial score (nSPS) is 11.4. The SMILES string of the molecule is CCCCNC(=O)c1cc(F)c(C)c(S(N)(=O)=O)c1. The smallest absolute Gasteiger partial charge is 0.251 e. The number of nitrogens with one attached hydrogen (secondary N) is 1. The Morgan fingerprint density at radius 2 is 2.05 bits per heavy atom. The molecule has 0 aliphatic carbocycles. The molecule has 0 unspecified atom stereocenters. The van der Waals surface area contributed by atoms with Crippen LogP contribution in [0, 0.1) is 12.7 Å². The molecule has 3 N–H and O–H groups in total. The molecule has 0 radical (unpaired) electrons. The molecule has 0 aliphatic heterocycles. The molecule has 0 bridgehead atoms. The van der Waals surface area contributed by atoms with Crippen LogP contribution in [0.2, 0.25) is 0 Å². The molecular formula is C12H17FN2O3S. The van der Waals surface area contributed by atoms with Gasteiger partial charge >= 0.3 is 0 Å². The van der Waals surface area contributed by atoms with Crippen molar-refractivity contribution in [1.82, 2.24) is 5.32 Å². The number of hydrogen-bond donors (Lipinski definition) is 2. The number of benzene rings is 1. The van der Waals surface area contributed by atoms with Crippen LogP contribution in [0.5, 0.6) is 0 Å². The Hall–Kier alpha value is -1.47. The molecule has 0 spiro atoms. The molecule has 0 saturated heterocycles. The monoisotopic (exact) mass is 288 g/mol. The van der Waals surface area contributed by atoms with Gasteiger partial charge in [0.25, 0.3) is 5.91 Å². The molecule has 7 heteroatoms. The second kappa shape index (κ2) is 6.12. The summed E-state index contributed by atoms with van der Waals surface area (Å²) in [5, 5.41) is 7.58. The van der Waals surface area contributed by atoms with E-state index < -0.39 is 21.7 Å². The molecule has 1 aromatic carbocycles. The third kappa shape index (κ3) is 4.00. The number of carbonyl (C=O) groups excluding carboxylic acids is 1. The Labute approximate surface area is 112 Å². The summed E-state index contributed by atoms with van der Waals surface area (Å²) >= 11 is 0. The Kier molecular flexibility index (Phi) is 5.02. The number of amides is 1. The lowest BCUT2D eigenvalue weighted by Crippen LogP contribution is -2.25. The molecule has 0 aliphatic rings. The van der Waals surface area contributed by atoms with Crippen LogP contribution in [-0.4, -0.2) is 20.9 Å². The lowest BCUT2D eigenvalue weighted by molar-refractivity contribution is 0.0952. The van der Waals surface area contributed by atoms with Gasteiger partial charge in [0.1, 0.15) is 5.82 Å². The summed E-state index contributed by atoms with van der Waals surface area (Å²) in [6.07, 6.45) is 1.70. The maximum absolute atomic E-state index is 13.6. The van der Waals surface area contributed by atoms with Crippen LogP contribution < -0.4 is 10.5 Å². The van der Waals surface area contributed by atoms with Crippen molar-refractivity contribution in [1.29, 1.82) is 0 Å². The molecule has 1 amide bonds. The highest BCUT2D eigenvalue weighted by atomic mass is 32.2. The van der Waals surface area contributed by atoms with E-state index in [2.05, 4.69) is 5.32 Å². The molecule has 0 fully saturated rings. The van der Waals surface area contributed by atoms with Crippen LogP contribution in [0.15, 0.2) is 17.0 Å². The van der Waals surface area contributed by atoms with E-state index >= 15 is 0 Å². The van der Waals surface area contributed by atoms with Crippen LogP contribution in [0.1, 0.15) is 35.7 Å². The zero-order valence-electron chi connectivity index (χ0n) is 10.9. The van der Waals surface area contributed by atoms with Gasteiger partial charge in [-0.1, -0.05) is 13.3 Å². The zero-order chi connectivity index (χ0) is 14.6. The van der Waals surface area contributed by atoms with Crippen LogP contribution in [-0.2, 0) is 10.0 Å². The first kappa shape index (κ1) is 15.6. The molecule has 5 nitrogen and oxygen atoms in total. The summed E-state index contributed by atoms with van der Waals surface area (Å²) < 4.78 is 36.3. The van der Waals surface area contributed by atoms with Gasteiger partial charge in [-0.2, -0.15) is 0 Å². The number of rotatable bonds is 5. The molecule has 106 valence electrons. The van der Waals surface area contributed by atoms with Crippen molar-refractivity contribution in [3.8, 4) is 0 Å². The first-order valence-electron chi connectivity index (χ1n) is 5.88. The fourth-order valence-corrected chi connectivity index (χ4v) is 2.38. The molecule has 1 aromatic rings. The van der Waals surface area contributed by atoms with Crippen molar-refractivity contribution in [3.05, 3.63) is 29.1 Å². The van der Waals surface area contributed by atoms with E-state index in [0.717, 1.165) is 25.0 Å². The van der Waals surface area contributed by atoms with Gasteiger partial charge in [0, 0.05) is 17.7 Å². The van der Waals surface area contributed by atoms with Gasteiger partial charge in [0.15, 0.2) is 0 Å². The highest BCUT2D eigenvalue weighted by molar-refractivity contribution is 7.89. The quantitative estimate of drug-likeness (QED) is 0.801. The highest BCUT2D eigenvalue weighted by Gasteiger charge is 2.18. The van der Waals surface area contributed by atoms with Crippen molar-refractivity contribution in [3.63, 3.8) is 0 Å². The van der Waals surface area contributed by atoms with Crippen molar-refractivity contribution in [2.24, 2.45) is 5.14 Å².